The summed E-state index contributed by atoms with van der Waals surface area (Å²) in [5.41, 5.74) is 2.85. The van der Waals surface area contributed by atoms with E-state index in [1.54, 1.807) is 6.20 Å². The highest BCUT2D eigenvalue weighted by molar-refractivity contribution is 7.98. The Hall–Kier alpha value is -2.77. The monoisotopic (exact) mass is 468 g/mol. The van der Waals surface area contributed by atoms with Gasteiger partial charge < -0.3 is 9.80 Å². The maximum atomic E-state index is 12.9. The van der Waals surface area contributed by atoms with E-state index in [0.717, 1.165) is 11.5 Å². The summed E-state index contributed by atoms with van der Waals surface area (Å²) < 4.78 is 1.30. The van der Waals surface area contributed by atoms with Crippen LogP contribution in [0.3, 0.4) is 0 Å². The number of carbonyl (C=O) groups excluding carboxylic acids is 1. The van der Waals surface area contributed by atoms with Gasteiger partial charge in [-0.05, 0) is 35.6 Å². The molecule has 0 saturated carbocycles. The number of piperazine rings is 1. The number of halogens is 1. The number of anilines is 1. The van der Waals surface area contributed by atoms with E-state index in [0.29, 0.717) is 43.1 Å². The van der Waals surface area contributed by atoms with Crippen LogP contribution in [-0.4, -0.2) is 52.5 Å². The molecule has 1 aliphatic rings. The molecule has 0 spiro atoms. The van der Waals surface area contributed by atoms with Crippen LogP contribution in [0.2, 0.25) is 5.02 Å². The van der Waals surface area contributed by atoms with Gasteiger partial charge >= 0.3 is 0 Å². The summed E-state index contributed by atoms with van der Waals surface area (Å²) >= 11 is 8.29. The molecule has 0 atom stereocenters. The van der Waals surface area contributed by atoms with Crippen molar-refractivity contribution in [1.29, 1.82) is 0 Å². The summed E-state index contributed by atoms with van der Waals surface area (Å²) in [4.78, 5) is 29.5. The van der Waals surface area contributed by atoms with Gasteiger partial charge in [-0.3, -0.25) is 9.59 Å². The molecule has 166 valence electrons. The quantitative estimate of drug-likeness (QED) is 0.545. The molecule has 2 heterocycles. The van der Waals surface area contributed by atoms with Crippen molar-refractivity contribution in [2.75, 3.05) is 36.8 Å². The van der Waals surface area contributed by atoms with Crippen molar-refractivity contribution in [3.63, 3.8) is 0 Å². The van der Waals surface area contributed by atoms with Crippen molar-refractivity contribution in [3.05, 3.63) is 87.3 Å². The molecule has 0 aliphatic carbocycles. The Bertz CT molecular complexity index is 1130. The summed E-state index contributed by atoms with van der Waals surface area (Å²) in [6.07, 6.45) is 1.63. The molecule has 0 radical (unpaired) electrons. The summed E-state index contributed by atoms with van der Waals surface area (Å²) in [7, 11) is 0. The van der Waals surface area contributed by atoms with Crippen molar-refractivity contribution in [1.82, 2.24) is 14.7 Å². The first-order valence-electron chi connectivity index (χ1n) is 10.6. The lowest BCUT2D eigenvalue weighted by Gasteiger charge is -2.36. The number of hydrogen-bond acceptors (Lipinski definition) is 5. The lowest BCUT2D eigenvalue weighted by atomic mass is 10.1. The van der Waals surface area contributed by atoms with Crippen LogP contribution in [0.25, 0.3) is 5.69 Å². The molecular formula is C24H25ClN4O2S. The zero-order valence-corrected chi connectivity index (χ0v) is 19.5. The number of hydrogen-bond donors (Lipinski definition) is 0. The Kier molecular flexibility index (Phi) is 7.17. The third-order valence-electron chi connectivity index (χ3n) is 5.48. The van der Waals surface area contributed by atoms with Gasteiger partial charge in [0, 0.05) is 37.5 Å². The maximum Gasteiger partial charge on any atom is 0.292 e. The lowest BCUT2D eigenvalue weighted by Crippen LogP contribution is -2.49. The minimum atomic E-state index is -0.352. The number of para-hydroxylation sites is 1. The maximum absolute atomic E-state index is 12.9. The average molecular weight is 469 g/mol. The van der Waals surface area contributed by atoms with Crippen LogP contribution >= 0.6 is 23.4 Å². The molecule has 1 aliphatic heterocycles. The molecule has 1 amide bonds. The molecule has 1 aromatic heterocycles. The van der Waals surface area contributed by atoms with Crippen molar-refractivity contribution in [2.45, 2.75) is 12.7 Å². The summed E-state index contributed by atoms with van der Waals surface area (Å²) in [5.74, 6) is 2.07. The number of rotatable bonds is 6. The van der Waals surface area contributed by atoms with E-state index in [1.165, 1.54) is 10.2 Å². The number of nitrogens with zero attached hydrogens (tertiary/aromatic N) is 4. The normalized spacial score (nSPS) is 13.9. The summed E-state index contributed by atoms with van der Waals surface area (Å²) in [6, 6.07) is 17.1. The molecular weight excluding hydrogens is 444 g/mol. The van der Waals surface area contributed by atoms with Crippen LogP contribution in [0.4, 0.5) is 5.69 Å². The van der Waals surface area contributed by atoms with Crippen molar-refractivity contribution < 1.29 is 4.79 Å². The van der Waals surface area contributed by atoms with Gasteiger partial charge in [-0.15, -0.1) is 0 Å². The largest absolute Gasteiger partial charge is 0.365 e. The summed E-state index contributed by atoms with van der Waals surface area (Å²) in [5, 5.41) is 4.45. The standard InChI is InChI=1S/C24H25ClN4O2S/c1-2-32-17-18-8-10-19(11-9-18)23(30)28-14-12-27(13-15-28)21-16-26-29(24(31)22(21)25)20-6-4-3-5-7-20/h3-11,16H,2,12-15,17H2,1H3. The molecule has 32 heavy (non-hydrogen) atoms. The molecule has 3 aromatic rings. The van der Waals surface area contributed by atoms with Crippen LogP contribution in [0.5, 0.6) is 0 Å². The molecule has 0 bridgehead atoms. The molecule has 4 rings (SSSR count). The fourth-order valence-corrected chi connectivity index (χ4v) is 4.57. The highest BCUT2D eigenvalue weighted by atomic mass is 35.5. The number of benzene rings is 2. The Labute approximate surface area is 196 Å². The first kappa shape index (κ1) is 22.4. The number of carbonyl (C=O) groups is 1. The lowest BCUT2D eigenvalue weighted by molar-refractivity contribution is 0.0747. The van der Waals surface area contributed by atoms with Gasteiger partial charge in [0.25, 0.3) is 11.5 Å². The van der Waals surface area contributed by atoms with Gasteiger partial charge in [0.15, 0.2) is 0 Å². The predicted molar refractivity (Wildman–Crippen MR) is 131 cm³/mol. The molecule has 0 unspecified atom stereocenters. The SMILES string of the molecule is CCSCc1ccc(C(=O)N2CCN(c3cnn(-c4ccccc4)c(=O)c3Cl)CC2)cc1. The number of amides is 1. The van der Waals surface area contributed by atoms with Gasteiger partial charge in [-0.2, -0.15) is 21.5 Å². The van der Waals surface area contributed by atoms with Crippen molar-refractivity contribution in [3.8, 4) is 5.69 Å². The Morgan fingerprint density at radius 2 is 1.72 bits per heavy atom. The minimum absolute atomic E-state index is 0.0306. The smallest absolute Gasteiger partial charge is 0.292 e. The van der Waals surface area contributed by atoms with Gasteiger partial charge in [-0.1, -0.05) is 48.9 Å². The van der Waals surface area contributed by atoms with E-state index in [1.807, 2.05) is 76.2 Å². The first-order chi connectivity index (χ1) is 15.6. The summed E-state index contributed by atoms with van der Waals surface area (Å²) in [6.45, 7) is 4.44. The second-order valence-corrected chi connectivity index (χ2v) is 9.16. The highest BCUT2D eigenvalue weighted by Crippen LogP contribution is 2.23. The number of thioether (sulfide) groups is 1. The van der Waals surface area contributed by atoms with Crippen LogP contribution < -0.4 is 10.5 Å². The molecule has 0 N–H and O–H groups in total. The van der Waals surface area contributed by atoms with Crippen LogP contribution in [-0.2, 0) is 5.75 Å². The first-order valence-corrected chi connectivity index (χ1v) is 12.2. The topological polar surface area (TPSA) is 58.4 Å². The van der Waals surface area contributed by atoms with E-state index in [4.69, 9.17) is 11.6 Å². The fraction of sp³-hybridized carbons (Fsp3) is 0.292. The molecule has 2 aromatic carbocycles. The van der Waals surface area contributed by atoms with Crippen LogP contribution in [0, 0.1) is 0 Å². The third kappa shape index (κ3) is 4.84. The molecule has 1 fully saturated rings. The Morgan fingerprint density at radius 3 is 2.38 bits per heavy atom. The van der Waals surface area contributed by atoms with Gasteiger partial charge in [0.2, 0.25) is 0 Å². The molecule has 1 saturated heterocycles. The molecule has 6 nitrogen and oxygen atoms in total. The molecule has 8 heteroatoms. The van der Waals surface area contributed by atoms with Crippen molar-refractivity contribution >= 4 is 35.0 Å². The third-order valence-corrected chi connectivity index (χ3v) is 6.78. The van der Waals surface area contributed by atoms with Crippen molar-refractivity contribution in [2.24, 2.45) is 0 Å². The van der Waals surface area contributed by atoms with E-state index in [9.17, 15) is 9.59 Å². The van der Waals surface area contributed by atoms with E-state index in [-0.39, 0.29) is 16.5 Å². The van der Waals surface area contributed by atoms with Gasteiger partial charge in [-0.25, -0.2) is 0 Å². The zero-order chi connectivity index (χ0) is 22.5. The number of aromatic nitrogens is 2. The van der Waals surface area contributed by atoms with E-state index < -0.39 is 0 Å². The second kappa shape index (κ2) is 10.2. The fourth-order valence-electron chi connectivity index (χ4n) is 3.69. The van der Waals surface area contributed by atoms with E-state index in [2.05, 4.69) is 12.0 Å². The van der Waals surface area contributed by atoms with Gasteiger partial charge in [0.05, 0.1) is 17.6 Å². The highest BCUT2D eigenvalue weighted by Gasteiger charge is 2.25. The van der Waals surface area contributed by atoms with Gasteiger partial charge in [0.1, 0.15) is 5.02 Å². The Balaban J connectivity index is 1.42. The van der Waals surface area contributed by atoms with E-state index >= 15 is 0 Å². The zero-order valence-electron chi connectivity index (χ0n) is 17.9. The van der Waals surface area contributed by atoms with Crippen LogP contribution in [0.1, 0.15) is 22.8 Å². The predicted octanol–water partition coefficient (Wildman–Crippen LogP) is 4.10. The minimum Gasteiger partial charge on any atom is -0.365 e. The second-order valence-electron chi connectivity index (χ2n) is 7.51. The van der Waals surface area contributed by atoms with Crippen LogP contribution in [0.15, 0.2) is 65.6 Å². The Morgan fingerprint density at radius 1 is 1.03 bits per heavy atom. The average Bonchev–Trinajstić information content (AvgIpc) is 2.85.